The predicted octanol–water partition coefficient (Wildman–Crippen LogP) is 1.67. The number of sulfonamides is 1. The molecule has 1 aromatic heterocycles. The summed E-state index contributed by atoms with van der Waals surface area (Å²) in [7, 11) is -2.04. The molecule has 18 heavy (non-hydrogen) atoms. The second-order valence-electron chi connectivity index (χ2n) is 3.73. The fourth-order valence-corrected chi connectivity index (χ4v) is 3.12. The van der Waals surface area contributed by atoms with Gasteiger partial charge in [0, 0.05) is 12.4 Å². The van der Waals surface area contributed by atoms with E-state index in [4.69, 9.17) is 5.11 Å². The number of phenolic OH excluding ortho intramolecular Hbond substituents is 1. The van der Waals surface area contributed by atoms with E-state index in [1.807, 2.05) is 5.38 Å². The fourth-order valence-electron chi connectivity index (χ4n) is 1.43. The molecule has 0 bridgehead atoms. The largest absolute Gasteiger partial charge is 0.508 e. The van der Waals surface area contributed by atoms with E-state index in [9.17, 15) is 8.42 Å². The third-order valence-electron chi connectivity index (χ3n) is 2.41. The zero-order valence-electron chi connectivity index (χ0n) is 9.65. The minimum Gasteiger partial charge on any atom is -0.508 e. The van der Waals surface area contributed by atoms with Gasteiger partial charge in [0.25, 0.3) is 0 Å². The number of hydrogen-bond donors (Lipinski definition) is 1. The molecule has 96 valence electrons. The average molecular weight is 284 g/mol. The van der Waals surface area contributed by atoms with Crippen molar-refractivity contribution < 1.29 is 13.5 Å². The van der Waals surface area contributed by atoms with Crippen LogP contribution < -0.4 is 0 Å². The minimum absolute atomic E-state index is 0.0381. The van der Waals surface area contributed by atoms with Gasteiger partial charge in [-0.25, -0.2) is 13.4 Å². The third kappa shape index (κ3) is 2.69. The van der Waals surface area contributed by atoms with Crippen LogP contribution in [0.2, 0.25) is 0 Å². The molecule has 0 aliphatic carbocycles. The molecule has 0 saturated heterocycles. The summed E-state index contributed by atoms with van der Waals surface area (Å²) in [6.45, 7) is 0.229. The first-order chi connectivity index (χ1) is 8.50. The van der Waals surface area contributed by atoms with E-state index >= 15 is 0 Å². The van der Waals surface area contributed by atoms with Gasteiger partial charge < -0.3 is 5.11 Å². The summed E-state index contributed by atoms with van der Waals surface area (Å²) < 4.78 is 25.6. The lowest BCUT2D eigenvalue weighted by molar-refractivity contribution is 0.461. The van der Waals surface area contributed by atoms with E-state index in [1.165, 1.54) is 47.0 Å². The third-order valence-corrected chi connectivity index (χ3v) is 4.87. The molecule has 7 heteroatoms. The maximum atomic E-state index is 12.2. The molecule has 0 fully saturated rings. The Morgan fingerprint density at radius 1 is 1.33 bits per heavy atom. The SMILES string of the molecule is CN(Cc1cscn1)S(=O)(=O)c1ccc(O)cc1. The maximum Gasteiger partial charge on any atom is 0.243 e. The molecular formula is C11H12N2O3S2. The monoisotopic (exact) mass is 284 g/mol. The van der Waals surface area contributed by atoms with E-state index in [1.54, 1.807) is 5.51 Å². The summed E-state index contributed by atoms with van der Waals surface area (Å²) in [5.41, 5.74) is 2.38. The molecule has 2 aromatic rings. The topological polar surface area (TPSA) is 70.5 Å². The number of thiazole rings is 1. The average Bonchev–Trinajstić information content (AvgIpc) is 2.82. The molecule has 1 heterocycles. The summed E-state index contributed by atoms with van der Waals surface area (Å²) in [5, 5.41) is 11.0. The van der Waals surface area contributed by atoms with Crippen molar-refractivity contribution in [3.05, 3.63) is 40.8 Å². The minimum atomic E-state index is -3.54. The van der Waals surface area contributed by atoms with Crippen LogP contribution in [0.4, 0.5) is 0 Å². The molecule has 0 saturated carbocycles. The van der Waals surface area contributed by atoms with Gasteiger partial charge in [0.1, 0.15) is 5.75 Å². The first kappa shape index (κ1) is 13.0. The van der Waals surface area contributed by atoms with Crippen molar-refractivity contribution >= 4 is 21.4 Å². The number of hydrogen-bond acceptors (Lipinski definition) is 5. The number of nitrogens with zero attached hydrogens (tertiary/aromatic N) is 2. The standard InChI is InChI=1S/C11H12N2O3S2/c1-13(6-9-7-17-8-12-9)18(15,16)11-4-2-10(14)3-5-11/h2-5,7-8,14H,6H2,1H3. The lowest BCUT2D eigenvalue weighted by Gasteiger charge is -2.15. The normalized spacial score (nSPS) is 11.9. The van der Waals surface area contributed by atoms with Gasteiger partial charge in [-0.15, -0.1) is 11.3 Å². The molecule has 0 unspecified atom stereocenters. The van der Waals surface area contributed by atoms with E-state index < -0.39 is 10.0 Å². The molecule has 0 atom stereocenters. The quantitative estimate of drug-likeness (QED) is 0.927. The van der Waals surface area contributed by atoms with E-state index in [0.29, 0.717) is 5.69 Å². The van der Waals surface area contributed by atoms with Crippen LogP contribution in [0.15, 0.2) is 40.1 Å². The van der Waals surface area contributed by atoms with Crippen LogP contribution in [-0.4, -0.2) is 29.9 Å². The summed E-state index contributed by atoms with van der Waals surface area (Å²) in [6, 6.07) is 5.46. The van der Waals surface area contributed by atoms with Crippen molar-refractivity contribution in [1.29, 1.82) is 0 Å². The Morgan fingerprint density at radius 2 is 2.00 bits per heavy atom. The van der Waals surface area contributed by atoms with Crippen LogP contribution in [0.3, 0.4) is 0 Å². The van der Waals surface area contributed by atoms with Gasteiger partial charge in [0.2, 0.25) is 10.0 Å². The van der Waals surface area contributed by atoms with Gasteiger partial charge in [0.15, 0.2) is 0 Å². The number of phenols is 1. The second kappa shape index (κ2) is 5.05. The molecule has 0 spiro atoms. The van der Waals surface area contributed by atoms with E-state index in [-0.39, 0.29) is 17.2 Å². The van der Waals surface area contributed by atoms with Crippen molar-refractivity contribution in [2.75, 3.05) is 7.05 Å². The number of benzene rings is 1. The molecule has 2 rings (SSSR count). The summed E-state index contributed by atoms with van der Waals surface area (Å²) in [6.07, 6.45) is 0. The first-order valence-corrected chi connectivity index (χ1v) is 7.51. The van der Waals surface area contributed by atoms with Crippen LogP contribution in [-0.2, 0) is 16.6 Å². The Bertz CT molecular complexity index is 606. The molecule has 0 radical (unpaired) electrons. The molecule has 5 nitrogen and oxygen atoms in total. The molecule has 0 aliphatic heterocycles. The number of aromatic hydroxyl groups is 1. The van der Waals surface area contributed by atoms with Crippen molar-refractivity contribution in [3.8, 4) is 5.75 Å². The van der Waals surface area contributed by atoms with Gasteiger partial charge >= 0.3 is 0 Å². The molecule has 1 aromatic carbocycles. The highest BCUT2D eigenvalue weighted by Crippen LogP contribution is 2.19. The van der Waals surface area contributed by atoms with Crippen molar-refractivity contribution in [3.63, 3.8) is 0 Å². The number of rotatable bonds is 4. The highest BCUT2D eigenvalue weighted by molar-refractivity contribution is 7.89. The zero-order chi connectivity index (χ0) is 13.2. The Hall–Kier alpha value is -1.44. The fraction of sp³-hybridized carbons (Fsp3) is 0.182. The molecule has 0 aliphatic rings. The highest BCUT2D eigenvalue weighted by Gasteiger charge is 2.21. The Labute approximate surface area is 109 Å². The van der Waals surface area contributed by atoms with Crippen LogP contribution in [0.25, 0.3) is 0 Å². The van der Waals surface area contributed by atoms with Crippen molar-refractivity contribution in [2.45, 2.75) is 11.4 Å². The molecule has 0 amide bonds. The maximum absolute atomic E-state index is 12.2. The van der Waals surface area contributed by atoms with Gasteiger partial charge in [-0.3, -0.25) is 0 Å². The van der Waals surface area contributed by atoms with Crippen molar-refractivity contribution in [2.24, 2.45) is 0 Å². The van der Waals surface area contributed by atoms with E-state index in [0.717, 1.165) is 0 Å². The van der Waals surface area contributed by atoms with Crippen molar-refractivity contribution in [1.82, 2.24) is 9.29 Å². The van der Waals surface area contributed by atoms with Crippen LogP contribution in [0.1, 0.15) is 5.69 Å². The molecular weight excluding hydrogens is 272 g/mol. The van der Waals surface area contributed by atoms with Gasteiger partial charge in [-0.2, -0.15) is 4.31 Å². The second-order valence-corrected chi connectivity index (χ2v) is 6.50. The Morgan fingerprint density at radius 3 is 2.56 bits per heavy atom. The smallest absolute Gasteiger partial charge is 0.243 e. The van der Waals surface area contributed by atoms with Gasteiger partial charge in [-0.05, 0) is 24.3 Å². The first-order valence-electron chi connectivity index (χ1n) is 5.12. The highest BCUT2D eigenvalue weighted by atomic mass is 32.2. The van der Waals surface area contributed by atoms with Crippen LogP contribution in [0.5, 0.6) is 5.75 Å². The lowest BCUT2D eigenvalue weighted by Crippen LogP contribution is -2.26. The summed E-state index contributed by atoms with van der Waals surface area (Å²) in [4.78, 5) is 4.20. The molecule has 1 N–H and O–H groups in total. The number of aromatic nitrogens is 1. The Kier molecular flexibility index (Phi) is 3.65. The summed E-state index contributed by atoms with van der Waals surface area (Å²) in [5.74, 6) is 0.0381. The predicted molar refractivity (Wildman–Crippen MR) is 68.9 cm³/mol. The van der Waals surface area contributed by atoms with Gasteiger partial charge in [-0.1, -0.05) is 0 Å². The van der Waals surface area contributed by atoms with Crippen LogP contribution in [0, 0.1) is 0 Å². The Balaban J connectivity index is 2.22. The van der Waals surface area contributed by atoms with Gasteiger partial charge in [0.05, 0.1) is 22.6 Å². The zero-order valence-corrected chi connectivity index (χ0v) is 11.3. The van der Waals surface area contributed by atoms with Crippen LogP contribution >= 0.6 is 11.3 Å². The summed E-state index contributed by atoms with van der Waals surface area (Å²) >= 11 is 1.42. The lowest BCUT2D eigenvalue weighted by atomic mass is 10.3. The van der Waals surface area contributed by atoms with E-state index in [2.05, 4.69) is 4.98 Å².